The highest BCUT2D eigenvalue weighted by atomic mass is 35.5. The fourth-order valence-corrected chi connectivity index (χ4v) is 4.34. The van der Waals surface area contributed by atoms with E-state index in [0.717, 1.165) is 21.7 Å². The fraction of sp³-hybridized carbons (Fsp3) is 0.222. The largest absolute Gasteiger partial charge is 0.360 e. The summed E-state index contributed by atoms with van der Waals surface area (Å²) in [6.45, 7) is 2.24. The van der Waals surface area contributed by atoms with Gasteiger partial charge in [-0.15, -0.1) is 0 Å². The highest BCUT2D eigenvalue weighted by molar-refractivity contribution is 8.01. The van der Waals surface area contributed by atoms with Crippen molar-refractivity contribution in [3.8, 4) is 0 Å². The Labute approximate surface area is 145 Å². The maximum Gasteiger partial charge on any atom is 0.0670 e. The van der Waals surface area contributed by atoms with E-state index < -0.39 is 0 Å². The molecule has 0 amide bonds. The third-order valence-corrected chi connectivity index (χ3v) is 5.65. The van der Waals surface area contributed by atoms with Crippen LogP contribution in [0.1, 0.15) is 18.5 Å². The van der Waals surface area contributed by atoms with Gasteiger partial charge < -0.3 is 4.90 Å². The van der Waals surface area contributed by atoms with Crippen LogP contribution in [0.3, 0.4) is 0 Å². The molecule has 117 valence electrons. The van der Waals surface area contributed by atoms with Crippen LogP contribution >= 0.6 is 23.4 Å². The number of thioether (sulfide) groups is 1. The summed E-state index contributed by atoms with van der Waals surface area (Å²) >= 11 is 7.94. The Morgan fingerprint density at radius 2 is 2.04 bits per heavy atom. The van der Waals surface area contributed by atoms with Gasteiger partial charge in [0.25, 0.3) is 0 Å². The molecule has 4 rings (SSSR count). The first-order valence-corrected chi connectivity index (χ1v) is 9.07. The van der Waals surface area contributed by atoms with Crippen molar-refractivity contribution in [1.29, 1.82) is 0 Å². The van der Waals surface area contributed by atoms with Crippen molar-refractivity contribution in [3.05, 3.63) is 65.0 Å². The van der Waals surface area contributed by atoms with Crippen molar-refractivity contribution in [2.24, 2.45) is 0 Å². The van der Waals surface area contributed by atoms with Crippen molar-refractivity contribution in [2.75, 3.05) is 10.7 Å². The number of rotatable bonds is 2. The van der Waals surface area contributed by atoms with Crippen molar-refractivity contribution in [1.82, 2.24) is 10.2 Å². The highest BCUT2D eigenvalue weighted by Gasteiger charge is 2.30. The van der Waals surface area contributed by atoms with Crippen molar-refractivity contribution < 1.29 is 0 Å². The number of hydrogen-bond donors (Lipinski definition) is 1. The molecular formula is C18H17ClN3S. The second-order valence-electron chi connectivity index (χ2n) is 5.83. The van der Waals surface area contributed by atoms with Crippen LogP contribution in [0.25, 0.3) is 10.9 Å². The van der Waals surface area contributed by atoms with Gasteiger partial charge in [-0.05, 0) is 42.8 Å². The molecule has 1 aliphatic heterocycles. The van der Waals surface area contributed by atoms with Gasteiger partial charge >= 0.3 is 0 Å². The molecule has 1 aromatic heterocycles. The third-order valence-electron chi connectivity index (χ3n) is 4.30. The van der Waals surface area contributed by atoms with E-state index in [-0.39, 0.29) is 0 Å². The lowest BCUT2D eigenvalue weighted by atomic mass is 10.0. The van der Waals surface area contributed by atoms with E-state index in [4.69, 9.17) is 11.6 Å². The monoisotopic (exact) mass is 342 g/mol. The SMILES string of the molecule is CC1[CH]SCC(c2ccc(Cl)cc2)N1c1ccc2cn[nH]c2c1. The van der Waals surface area contributed by atoms with Gasteiger partial charge in [-0.25, -0.2) is 0 Å². The Balaban J connectivity index is 1.75. The summed E-state index contributed by atoms with van der Waals surface area (Å²) in [6.07, 6.45) is 1.86. The topological polar surface area (TPSA) is 31.9 Å². The molecule has 1 saturated heterocycles. The first-order chi connectivity index (χ1) is 11.2. The quantitative estimate of drug-likeness (QED) is 0.706. The molecule has 1 radical (unpaired) electrons. The summed E-state index contributed by atoms with van der Waals surface area (Å²) in [6, 6.07) is 15.4. The van der Waals surface area contributed by atoms with E-state index in [0.29, 0.717) is 12.1 Å². The number of anilines is 1. The van der Waals surface area contributed by atoms with Gasteiger partial charge in [0.2, 0.25) is 0 Å². The third kappa shape index (κ3) is 2.81. The molecule has 2 atom stereocenters. The van der Waals surface area contributed by atoms with Crippen LogP contribution in [-0.4, -0.2) is 22.0 Å². The van der Waals surface area contributed by atoms with Crippen LogP contribution in [-0.2, 0) is 0 Å². The molecule has 1 fully saturated rings. The molecule has 2 aromatic carbocycles. The molecule has 2 heterocycles. The molecule has 0 aliphatic carbocycles. The number of nitrogens with zero attached hydrogens (tertiary/aromatic N) is 2. The second kappa shape index (κ2) is 6.10. The molecular weight excluding hydrogens is 326 g/mol. The lowest BCUT2D eigenvalue weighted by Crippen LogP contribution is -2.41. The van der Waals surface area contributed by atoms with Crippen molar-refractivity contribution in [2.45, 2.75) is 19.0 Å². The number of fused-ring (bicyclic) bond motifs is 1. The number of H-pyrrole nitrogens is 1. The molecule has 0 spiro atoms. The Morgan fingerprint density at radius 1 is 1.22 bits per heavy atom. The molecule has 0 bridgehead atoms. The Bertz CT molecular complexity index is 815. The van der Waals surface area contributed by atoms with Crippen LogP contribution in [0, 0.1) is 5.75 Å². The molecule has 5 heteroatoms. The molecule has 1 N–H and O–H groups in total. The number of aromatic nitrogens is 2. The summed E-state index contributed by atoms with van der Waals surface area (Å²) in [5.41, 5.74) is 3.58. The Morgan fingerprint density at radius 3 is 2.87 bits per heavy atom. The minimum absolute atomic E-state index is 0.331. The van der Waals surface area contributed by atoms with Gasteiger partial charge in [0.05, 0.1) is 17.8 Å². The summed E-state index contributed by atoms with van der Waals surface area (Å²) in [4.78, 5) is 2.47. The smallest absolute Gasteiger partial charge is 0.0670 e. The zero-order chi connectivity index (χ0) is 15.8. The molecule has 23 heavy (non-hydrogen) atoms. The summed E-state index contributed by atoms with van der Waals surface area (Å²) in [7, 11) is 0. The van der Waals surface area contributed by atoms with Crippen molar-refractivity contribution in [3.63, 3.8) is 0 Å². The van der Waals surface area contributed by atoms with Crippen LogP contribution in [0.2, 0.25) is 5.02 Å². The van der Waals surface area contributed by atoms with Gasteiger partial charge in [-0.2, -0.15) is 16.9 Å². The zero-order valence-corrected chi connectivity index (χ0v) is 14.3. The Hall–Kier alpha value is -1.65. The number of benzene rings is 2. The van der Waals surface area contributed by atoms with Gasteiger partial charge in [0.15, 0.2) is 0 Å². The number of nitrogens with one attached hydrogen (secondary N) is 1. The predicted molar refractivity (Wildman–Crippen MR) is 99.0 cm³/mol. The van der Waals surface area contributed by atoms with Gasteiger partial charge in [0, 0.05) is 33.6 Å². The lowest BCUT2D eigenvalue weighted by molar-refractivity contribution is 0.617. The first kappa shape index (κ1) is 14.9. The average Bonchev–Trinajstić information content (AvgIpc) is 3.03. The standard InChI is InChI=1S/C18H17ClN3S/c1-12-10-23-11-18(13-2-5-15(19)6-3-13)22(12)16-7-4-14-9-20-21-17(14)8-16/h2-10,12,18H,11H2,1H3,(H,20,21). The minimum Gasteiger partial charge on any atom is -0.360 e. The maximum atomic E-state index is 6.05. The minimum atomic E-state index is 0.331. The maximum absolute atomic E-state index is 6.05. The van der Waals surface area contributed by atoms with Gasteiger partial charge in [-0.1, -0.05) is 23.7 Å². The molecule has 3 aromatic rings. The van der Waals surface area contributed by atoms with E-state index >= 15 is 0 Å². The first-order valence-electron chi connectivity index (χ1n) is 7.64. The van der Waals surface area contributed by atoms with Gasteiger partial charge in [0.1, 0.15) is 0 Å². The lowest BCUT2D eigenvalue weighted by Gasteiger charge is -2.42. The summed E-state index contributed by atoms with van der Waals surface area (Å²) < 4.78 is 0. The predicted octanol–water partition coefficient (Wildman–Crippen LogP) is 5.06. The van der Waals surface area contributed by atoms with Crippen LogP contribution < -0.4 is 4.90 Å². The van der Waals surface area contributed by atoms with Gasteiger partial charge in [-0.3, -0.25) is 5.10 Å². The Kier molecular flexibility index (Phi) is 3.95. The summed E-state index contributed by atoms with van der Waals surface area (Å²) in [5.74, 6) is 3.34. The van der Waals surface area contributed by atoms with Crippen LogP contribution in [0.4, 0.5) is 5.69 Å². The molecule has 3 nitrogen and oxygen atoms in total. The fourth-order valence-electron chi connectivity index (χ4n) is 3.16. The van der Waals surface area contributed by atoms with E-state index in [1.165, 1.54) is 11.3 Å². The molecule has 0 saturated carbocycles. The number of halogens is 1. The number of aromatic amines is 1. The molecule has 2 unspecified atom stereocenters. The molecule has 1 aliphatic rings. The highest BCUT2D eigenvalue weighted by Crippen LogP contribution is 2.39. The van der Waals surface area contributed by atoms with E-state index in [1.54, 1.807) is 0 Å². The van der Waals surface area contributed by atoms with Crippen molar-refractivity contribution >= 4 is 40.0 Å². The summed E-state index contributed by atoms with van der Waals surface area (Å²) in [5, 5.41) is 9.11. The second-order valence-corrected chi connectivity index (χ2v) is 7.20. The van der Waals surface area contributed by atoms with Crippen LogP contribution in [0.15, 0.2) is 48.7 Å². The number of hydrogen-bond acceptors (Lipinski definition) is 3. The van der Waals surface area contributed by atoms with Crippen LogP contribution in [0.5, 0.6) is 0 Å². The van der Waals surface area contributed by atoms with E-state index in [2.05, 4.69) is 58.1 Å². The van der Waals surface area contributed by atoms with E-state index in [9.17, 15) is 0 Å². The zero-order valence-electron chi connectivity index (χ0n) is 12.7. The normalized spacial score (nSPS) is 21.7. The van der Waals surface area contributed by atoms with E-state index in [1.807, 2.05) is 30.1 Å². The average molecular weight is 343 g/mol.